The maximum Gasteiger partial charge on any atom is 0.325 e. The molecule has 0 fully saturated rings. The predicted molar refractivity (Wildman–Crippen MR) is 207 cm³/mol. The molecule has 0 bridgehead atoms. The maximum absolute atomic E-state index is 13.5. The molecule has 13 nitrogen and oxygen atoms in total. The highest BCUT2D eigenvalue weighted by molar-refractivity contribution is 5.85. The summed E-state index contributed by atoms with van der Waals surface area (Å²) in [5.74, 6) is -1.74. The molecule has 13 heteroatoms. The number of carbonyl (C=O) groups is 5. The Kier molecular flexibility index (Phi) is 18.2. The molecule has 53 heavy (non-hydrogen) atoms. The number of nitrogens with zero attached hydrogens (tertiary/aromatic N) is 1. The predicted octanol–water partition coefficient (Wildman–Crippen LogP) is 5.15. The van der Waals surface area contributed by atoms with Crippen molar-refractivity contribution in [3.63, 3.8) is 0 Å². The van der Waals surface area contributed by atoms with E-state index in [9.17, 15) is 24.0 Å². The van der Waals surface area contributed by atoms with Crippen LogP contribution in [0.3, 0.4) is 0 Å². The number of hydrogen-bond acceptors (Lipinski definition) is 11. The van der Waals surface area contributed by atoms with Crippen LogP contribution in [0.25, 0.3) is 0 Å². The van der Waals surface area contributed by atoms with E-state index >= 15 is 0 Å². The Bertz CT molecular complexity index is 1110. The first-order valence-electron chi connectivity index (χ1n) is 18.6. The van der Waals surface area contributed by atoms with Gasteiger partial charge in [-0.25, -0.2) is 0 Å². The molecule has 0 aliphatic heterocycles. The zero-order chi connectivity index (χ0) is 41.9. The van der Waals surface area contributed by atoms with Gasteiger partial charge in [0.25, 0.3) is 0 Å². The molecule has 2 atom stereocenters. The van der Waals surface area contributed by atoms with E-state index in [1.54, 1.807) is 55.4 Å². The van der Waals surface area contributed by atoms with Crippen LogP contribution in [0.5, 0.6) is 0 Å². The van der Waals surface area contributed by atoms with E-state index in [1.165, 1.54) is 13.8 Å². The Hall–Kier alpha value is -3.19. The largest absolute Gasteiger partial charge is 0.497 e. The van der Waals surface area contributed by atoms with Crippen molar-refractivity contribution < 1.29 is 42.9 Å². The number of allylic oxidation sites excluding steroid dienone is 1. The van der Waals surface area contributed by atoms with Crippen molar-refractivity contribution in [1.82, 2.24) is 15.5 Å². The number of ether oxygens (including phenoxy) is 4. The highest BCUT2D eigenvalue weighted by Gasteiger charge is 2.40. The summed E-state index contributed by atoms with van der Waals surface area (Å²) in [6, 6.07) is 0. The molecule has 0 aliphatic rings. The van der Waals surface area contributed by atoms with Gasteiger partial charge in [0.05, 0.1) is 16.6 Å². The lowest BCUT2D eigenvalue weighted by molar-refractivity contribution is -0.165. The molecule has 0 saturated heterocycles. The number of carbonyl (C=O) groups excluding carboxylic acids is 5. The van der Waals surface area contributed by atoms with Crippen LogP contribution in [-0.2, 0) is 42.9 Å². The van der Waals surface area contributed by atoms with Crippen molar-refractivity contribution in [2.24, 2.45) is 32.8 Å². The monoisotopic (exact) mass is 755 g/mol. The molecule has 0 rings (SSSR count). The molecule has 0 radical (unpaired) electrons. The highest BCUT2D eigenvalue weighted by atomic mass is 16.6. The van der Waals surface area contributed by atoms with E-state index in [0.29, 0.717) is 44.8 Å². The summed E-state index contributed by atoms with van der Waals surface area (Å²) >= 11 is 0. The van der Waals surface area contributed by atoms with Crippen LogP contribution in [0.1, 0.15) is 124 Å². The van der Waals surface area contributed by atoms with Gasteiger partial charge in [-0.15, -0.1) is 0 Å². The fourth-order valence-electron chi connectivity index (χ4n) is 4.26. The fraction of sp³-hybridized carbons (Fsp3) is 0.825. The summed E-state index contributed by atoms with van der Waals surface area (Å²) in [5, 5.41) is 5.93. The molecule has 2 unspecified atom stereocenters. The first-order valence-corrected chi connectivity index (χ1v) is 18.6. The molecular formula is C40H74N4O9. The third-order valence-corrected chi connectivity index (χ3v) is 8.54. The molecule has 0 saturated carbocycles. The van der Waals surface area contributed by atoms with Gasteiger partial charge in [0.15, 0.2) is 0 Å². The van der Waals surface area contributed by atoms with Crippen LogP contribution in [0, 0.1) is 27.1 Å². The second-order valence-corrected chi connectivity index (χ2v) is 19.4. The zero-order valence-electron chi connectivity index (χ0n) is 36.0. The van der Waals surface area contributed by atoms with Crippen LogP contribution in [0.4, 0.5) is 0 Å². The molecule has 0 aromatic carbocycles. The molecule has 2 amide bonds. The van der Waals surface area contributed by atoms with Crippen molar-refractivity contribution in [2.45, 2.75) is 135 Å². The highest BCUT2D eigenvalue weighted by Crippen LogP contribution is 2.29. The van der Waals surface area contributed by atoms with Crippen molar-refractivity contribution in [3.8, 4) is 0 Å². The average Bonchev–Trinajstić information content (AvgIpc) is 2.99. The second kappa shape index (κ2) is 19.4. The SMILES string of the molecule is C=C(OCC(C)(COC(=O)C(C)(C)C)C(=O)NCCCN(CCCNC(=O)C(C)(COC(=O)C(C)(C)C)COC(=O)C(C)(C)N)C(C)(C)C)C(C)(C)C. The van der Waals surface area contributed by atoms with Crippen LogP contribution in [0.2, 0.25) is 0 Å². The van der Waals surface area contributed by atoms with E-state index in [2.05, 4.69) is 42.9 Å². The third-order valence-electron chi connectivity index (χ3n) is 8.54. The zero-order valence-corrected chi connectivity index (χ0v) is 36.0. The lowest BCUT2D eigenvalue weighted by Gasteiger charge is -2.36. The molecule has 0 aliphatic carbocycles. The molecule has 0 aromatic rings. The minimum atomic E-state index is -1.34. The molecule has 0 heterocycles. The van der Waals surface area contributed by atoms with E-state index in [-0.39, 0.29) is 43.3 Å². The topological polar surface area (TPSA) is 176 Å². The number of hydrogen-bond donors (Lipinski definition) is 3. The second-order valence-electron chi connectivity index (χ2n) is 19.4. The number of nitrogens with one attached hydrogen (secondary N) is 2. The van der Waals surface area contributed by atoms with Crippen molar-refractivity contribution in [2.75, 3.05) is 52.6 Å². The number of esters is 3. The van der Waals surface area contributed by atoms with Gasteiger partial charge in [-0.3, -0.25) is 28.9 Å². The fourth-order valence-corrected chi connectivity index (χ4v) is 4.26. The summed E-state index contributed by atoms with van der Waals surface area (Å²) in [6.07, 6.45) is 1.25. The summed E-state index contributed by atoms with van der Waals surface area (Å²) < 4.78 is 22.4. The Morgan fingerprint density at radius 2 is 0.849 bits per heavy atom. The quantitative estimate of drug-likeness (QED) is 0.0649. The third kappa shape index (κ3) is 18.1. The van der Waals surface area contributed by atoms with Gasteiger partial charge >= 0.3 is 17.9 Å². The van der Waals surface area contributed by atoms with Gasteiger partial charge in [-0.1, -0.05) is 27.4 Å². The summed E-state index contributed by atoms with van der Waals surface area (Å²) in [6.45, 7) is 34.2. The average molecular weight is 755 g/mol. The normalized spacial score (nSPS) is 15.1. The Morgan fingerprint density at radius 1 is 0.528 bits per heavy atom. The Labute approximate surface area is 320 Å². The van der Waals surface area contributed by atoms with Crippen molar-refractivity contribution >= 4 is 29.7 Å². The summed E-state index contributed by atoms with van der Waals surface area (Å²) in [4.78, 5) is 66.6. The van der Waals surface area contributed by atoms with Gasteiger partial charge in [0, 0.05) is 37.1 Å². The molecule has 308 valence electrons. The molecule has 4 N–H and O–H groups in total. The number of amides is 2. The van der Waals surface area contributed by atoms with Gasteiger partial charge in [-0.2, -0.15) is 0 Å². The maximum atomic E-state index is 13.5. The van der Waals surface area contributed by atoms with Gasteiger partial charge in [0.2, 0.25) is 11.8 Å². The van der Waals surface area contributed by atoms with Crippen molar-refractivity contribution in [3.05, 3.63) is 12.3 Å². The first-order chi connectivity index (χ1) is 23.7. The van der Waals surface area contributed by atoms with Gasteiger partial charge < -0.3 is 35.3 Å². The van der Waals surface area contributed by atoms with Gasteiger partial charge in [-0.05, 0) is 103 Å². The number of nitrogens with two attached hydrogens (primary N) is 1. The van der Waals surface area contributed by atoms with E-state index < -0.39 is 51.0 Å². The van der Waals surface area contributed by atoms with E-state index in [1.807, 2.05) is 20.8 Å². The van der Waals surface area contributed by atoms with E-state index in [0.717, 1.165) is 0 Å². The minimum absolute atomic E-state index is 0.00228. The van der Waals surface area contributed by atoms with Crippen LogP contribution >= 0.6 is 0 Å². The smallest absolute Gasteiger partial charge is 0.325 e. The molecule has 0 spiro atoms. The standard InChI is InChI=1S/C40H74N4O9/c1-28(34(2,3)4)50-24-39(16,25-51-31(47)35(5,6)7)29(45)42-20-18-22-44(37(11,12)13)23-19-21-43-30(46)40(17,26-52-32(48)36(8,9)10)27-53-33(49)38(14,15)41/h1,18-27,41H2,2-17H3,(H,42,45)(H,43,46). The van der Waals surface area contributed by atoms with Crippen LogP contribution < -0.4 is 16.4 Å². The lowest BCUT2D eigenvalue weighted by atomic mass is 9.90. The Morgan fingerprint density at radius 3 is 1.13 bits per heavy atom. The van der Waals surface area contributed by atoms with Crippen LogP contribution in [-0.4, -0.2) is 98.3 Å². The minimum Gasteiger partial charge on any atom is -0.497 e. The molecular weight excluding hydrogens is 680 g/mol. The van der Waals surface area contributed by atoms with Crippen molar-refractivity contribution in [1.29, 1.82) is 0 Å². The molecule has 0 aromatic heterocycles. The Balaban J connectivity index is 5.45. The lowest BCUT2D eigenvalue weighted by Crippen LogP contribution is -2.50. The summed E-state index contributed by atoms with van der Waals surface area (Å²) in [5.41, 5.74) is 0.105. The van der Waals surface area contributed by atoms with Gasteiger partial charge in [0.1, 0.15) is 42.8 Å². The van der Waals surface area contributed by atoms with Crippen LogP contribution in [0.15, 0.2) is 12.3 Å². The first kappa shape index (κ1) is 49.8. The van der Waals surface area contributed by atoms with E-state index in [4.69, 9.17) is 24.7 Å². The number of rotatable bonds is 20. The summed E-state index contributed by atoms with van der Waals surface area (Å²) in [7, 11) is 0.